The SMILES string of the molecule is COC1=CC(=CC=C(O)C=C(O)C=Cc2ccc(O)c(OC)c2)C=CC1=O. The Balaban J connectivity index is 2.10. The summed E-state index contributed by atoms with van der Waals surface area (Å²) in [5.41, 5.74) is 1.36. The van der Waals surface area contributed by atoms with Gasteiger partial charge in [-0.05, 0) is 47.6 Å². The van der Waals surface area contributed by atoms with Crippen LogP contribution in [0, 0.1) is 0 Å². The van der Waals surface area contributed by atoms with Gasteiger partial charge in [0.05, 0.1) is 14.2 Å². The van der Waals surface area contributed by atoms with Gasteiger partial charge in [0.2, 0.25) is 5.78 Å². The van der Waals surface area contributed by atoms with Crippen molar-refractivity contribution in [1.29, 1.82) is 0 Å². The van der Waals surface area contributed by atoms with Crippen molar-refractivity contribution in [2.24, 2.45) is 0 Å². The molecule has 0 saturated heterocycles. The summed E-state index contributed by atoms with van der Waals surface area (Å²) in [6, 6.07) is 4.74. The molecule has 0 aliphatic heterocycles. The topological polar surface area (TPSA) is 96.2 Å². The summed E-state index contributed by atoms with van der Waals surface area (Å²) in [5.74, 6) is -0.0226. The molecule has 6 heteroatoms. The predicted octanol–water partition coefficient (Wildman–Crippen LogP) is 3.89. The number of aliphatic hydroxyl groups excluding tert-OH is 2. The van der Waals surface area contributed by atoms with E-state index < -0.39 is 0 Å². The molecule has 1 aliphatic rings. The van der Waals surface area contributed by atoms with E-state index in [0.29, 0.717) is 16.9 Å². The molecular formula is C21H20O6. The number of hydrogen-bond donors (Lipinski definition) is 3. The second-order valence-electron chi connectivity index (χ2n) is 5.50. The van der Waals surface area contributed by atoms with Crippen LogP contribution in [0.4, 0.5) is 0 Å². The van der Waals surface area contributed by atoms with Gasteiger partial charge in [0.25, 0.3) is 0 Å². The summed E-state index contributed by atoms with van der Waals surface area (Å²) in [5, 5.41) is 29.3. The zero-order valence-corrected chi connectivity index (χ0v) is 14.9. The number of aliphatic hydroxyl groups is 2. The summed E-state index contributed by atoms with van der Waals surface area (Å²) in [4.78, 5) is 11.5. The molecule has 2 rings (SSSR count). The van der Waals surface area contributed by atoms with E-state index in [9.17, 15) is 20.1 Å². The fraction of sp³-hybridized carbons (Fsp3) is 0.0952. The van der Waals surface area contributed by atoms with Crippen LogP contribution in [0.3, 0.4) is 0 Å². The van der Waals surface area contributed by atoms with Crippen molar-refractivity contribution in [1.82, 2.24) is 0 Å². The van der Waals surface area contributed by atoms with Gasteiger partial charge in [0.15, 0.2) is 17.3 Å². The van der Waals surface area contributed by atoms with Crippen LogP contribution in [0.15, 0.2) is 83.6 Å². The van der Waals surface area contributed by atoms with Crippen molar-refractivity contribution in [3.8, 4) is 11.5 Å². The molecule has 0 atom stereocenters. The van der Waals surface area contributed by atoms with E-state index in [1.165, 1.54) is 44.6 Å². The highest BCUT2D eigenvalue weighted by molar-refractivity contribution is 6.04. The number of benzene rings is 1. The molecule has 6 nitrogen and oxygen atoms in total. The Morgan fingerprint density at radius 3 is 2.56 bits per heavy atom. The lowest BCUT2D eigenvalue weighted by atomic mass is 10.1. The molecule has 0 amide bonds. The van der Waals surface area contributed by atoms with Gasteiger partial charge in [0.1, 0.15) is 11.5 Å². The third-order valence-corrected chi connectivity index (χ3v) is 3.58. The van der Waals surface area contributed by atoms with Crippen molar-refractivity contribution >= 4 is 11.9 Å². The number of rotatable bonds is 6. The first-order chi connectivity index (χ1) is 12.9. The average Bonchev–Trinajstić information content (AvgIpc) is 2.66. The maximum Gasteiger partial charge on any atom is 0.220 e. The quantitative estimate of drug-likeness (QED) is 0.521. The summed E-state index contributed by atoms with van der Waals surface area (Å²) in [7, 11) is 2.85. The van der Waals surface area contributed by atoms with Crippen LogP contribution in [-0.4, -0.2) is 35.3 Å². The lowest BCUT2D eigenvalue weighted by Gasteiger charge is -2.06. The van der Waals surface area contributed by atoms with Crippen LogP contribution < -0.4 is 4.74 Å². The molecule has 0 radical (unpaired) electrons. The Kier molecular flexibility index (Phi) is 6.66. The highest BCUT2D eigenvalue weighted by Gasteiger charge is 2.10. The Bertz CT molecular complexity index is 897. The fourth-order valence-corrected chi connectivity index (χ4v) is 2.20. The molecule has 1 aromatic carbocycles. The van der Waals surface area contributed by atoms with E-state index in [0.717, 1.165) is 0 Å². The van der Waals surface area contributed by atoms with Crippen molar-refractivity contribution in [2.75, 3.05) is 14.2 Å². The number of methoxy groups -OCH3 is 2. The van der Waals surface area contributed by atoms with Crippen LogP contribution in [0.25, 0.3) is 6.08 Å². The van der Waals surface area contributed by atoms with E-state index in [2.05, 4.69) is 0 Å². The zero-order valence-electron chi connectivity index (χ0n) is 14.9. The molecule has 3 N–H and O–H groups in total. The number of allylic oxidation sites excluding steroid dienone is 8. The second-order valence-corrected chi connectivity index (χ2v) is 5.50. The number of aromatic hydroxyl groups is 1. The van der Waals surface area contributed by atoms with Crippen LogP contribution in [0.5, 0.6) is 11.5 Å². The minimum absolute atomic E-state index is 0.0205. The zero-order chi connectivity index (χ0) is 19.8. The maximum atomic E-state index is 11.5. The van der Waals surface area contributed by atoms with E-state index >= 15 is 0 Å². The summed E-state index contributed by atoms with van der Waals surface area (Å²) < 4.78 is 9.97. The first kappa shape index (κ1) is 19.7. The second kappa shape index (κ2) is 9.15. The summed E-state index contributed by atoms with van der Waals surface area (Å²) >= 11 is 0. The van der Waals surface area contributed by atoms with Gasteiger partial charge < -0.3 is 24.8 Å². The Morgan fingerprint density at radius 1 is 1.07 bits per heavy atom. The summed E-state index contributed by atoms with van der Waals surface area (Å²) in [6.45, 7) is 0. The van der Waals surface area contributed by atoms with Crippen LogP contribution in [-0.2, 0) is 9.53 Å². The first-order valence-corrected chi connectivity index (χ1v) is 7.97. The van der Waals surface area contributed by atoms with Crippen molar-refractivity contribution < 1.29 is 29.6 Å². The van der Waals surface area contributed by atoms with Gasteiger partial charge in [0, 0.05) is 6.08 Å². The number of carbonyl (C=O) groups excluding carboxylic acids is 1. The van der Waals surface area contributed by atoms with Crippen molar-refractivity contribution in [3.05, 3.63) is 89.1 Å². The van der Waals surface area contributed by atoms with Crippen LogP contribution in [0.1, 0.15) is 5.56 Å². The monoisotopic (exact) mass is 368 g/mol. The number of hydrogen-bond acceptors (Lipinski definition) is 6. The van der Waals surface area contributed by atoms with Gasteiger partial charge in [-0.15, -0.1) is 0 Å². The molecule has 0 spiro atoms. The average molecular weight is 368 g/mol. The normalized spacial score (nSPS) is 16.7. The van der Waals surface area contributed by atoms with E-state index in [1.807, 2.05) is 0 Å². The first-order valence-electron chi connectivity index (χ1n) is 7.97. The molecule has 0 unspecified atom stereocenters. The predicted molar refractivity (Wildman–Crippen MR) is 102 cm³/mol. The largest absolute Gasteiger partial charge is 0.508 e. The minimum Gasteiger partial charge on any atom is -0.508 e. The van der Waals surface area contributed by atoms with Crippen LogP contribution >= 0.6 is 0 Å². The maximum absolute atomic E-state index is 11.5. The third kappa shape index (κ3) is 5.67. The minimum atomic E-state index is -0.226. The highest BCUT2D eigenvalue weighted by Crippen LogP contribution is 2.26. The number of carbonyl (C=O) groups is 1. The Morgan fingerprint density at radius 2 is 1.85 bits per heavy atom. The van der Waals surface area contributed by atoms with Gasteiger partial charge in [-0.3, -0.25) is 4.79 Å². The highest BCUT2D eigenvalue weighted by atomic mass is 16.5. The van der Waals surface area contributed by atoms with Gasteiger partial charge in [-0.2, -0.15) is 0 Å². The lowest BCUT2D eigenvalue weighted by Crippen LogP contribution is -2.04. The fourth-order valence-electron chi connectivity index (χ4n) is 2.20. The lowest BCUT2D eigenvalue weighted by molar-refractivity contribution is -0.114. The summed E-state index contributed by atoms with van der Waals surface area (Å²) in [6.07, 6.45) is 11.6. The van der Waals surface area contributed by atoms with Crippen LogP contribution in [0.2, 0.25) is 0 Å². The van der Waals surface area contributed by atoms with Gasteiger partial charge in [-0.25, -0.2) is 0 Å². The molecule has 1 aromatic rings. The standard InChI is InChI=1S/C21H20O6/c1-26-20-11-14(5-9-18(20)24)3-7-16(22)13-17(23)8-4-15-6-10-19(25)21(12-15)27-2/h3-13,22-24H,1-2H3. The third-order valence-electron chi connectivity index (χ3n) is 3.58. The van der Waals surface area contributed by atoms with E-state index in [1.54, 1.807) is 36.4 Å². The molecule has 0 aromatic heterocycles. The molecule has 0 heterocycles. The van der Waals surface area contributed by atoms with E-state index in [-0.39, 0.29) is 28.8 Å². The van der Waals surface area contributed by atoms with Gasteiger partial charge >= 0.3 is 0 Å². The number of ketones is 1. The van der Waals surface area contributed by atoms with Crippen molar-refractivity contribution in [3.63, 3.8) is 0 Å². The number of phenolic OH excluding ortho intramolecular Hbond substituents is 1. The Hall–Kier alpha value is -3.67. The molecule has 1 aliphatic carbocycles. The smallest absolute Gasteiger partial charge is 0.220 e. The molecule has 140 valence electrons. The molecule has 0 bridgehead atoms. The molecule has 0 fully saturated rings. The number of ether oxygens (including phenoxy) is 2. The molecule has 0 saturated carbocycles. The number of phenols is 1. The molecule has 27 heavy (non-hydrogen) atoms. The Labute approximate surface area is 157 Å². The van der Waals surface area contributed by atoms with E-state index in [4.69, 9.17) is 9.47 Å². The molecular weight excluding hydrogens is 348 g/mol. The van der Waals surface area contributed by atoms with Gasteiger partial charge in [-0.1, -0.05) is 24.3 Å². The van der Waals surface area contributed by atoms with Crippen molar-refractivity contribution in [2.45, 2.75) is 0 Å².